The number of aliphatic hydroxyl groups is 1. The van der Waals surface area contributed by atoms with E-state index in [0.29, 0.717) is 11.0 Å². The fraction of sp³-hybridized carbons (Fsp3) is 0.333. The van der Waals surface area contributed by atoms with Gasteiger partial charge in [-0.15, -0.1) is 0 Å². The topological polar surface area (TPSA) is 25.2 Å². The molecule has 0 saturated heterocycles. The van der Waals surface area contributed by atoms with Gasteiger partial charge in [-0.1, -0.05) is 0 Å². The Kier molecular flexibility index (Phi) is 2.80. The van der Waals surface area contributed by atoms with E-state index in [9.17, 15) is 9.50 Å². The first-order chi connectivity index (χ1) is 7.37. The highest BCUT2D eigenvalue weighted by atomic mass is 79.9. The van der Waals surface area contributed by atoms with Crippen LogP contribution in [0.15, 0.2) is 28.9 Å². The van der Waals surface area contributed by atoms with E-state index >= 15 is 0 Å². The van der Waals surface area contributed by atoms with Crippen LogP contribution in [0.1, 0.15) is 13.8 Å². The van der Waals surface area contributed by atoms with Crippen LogP contribution < -0.4 is 0 Å². The first kappa shape index (κ1) is 11.6. The van der Waals surface area contributed by atoms with Crippen molar-refractivity contribution in [1.29, 1.82) is 0 Å². The van der Waals surface area contributed by atoms with Gasteiger partial charge in [-0.3, -0.25) is 0 Å². The molecule has 2 nitrogen and oxygen atoms in total. The minimum absolute atomic E-state index is 0.289. The number of nitrogens with zero attached hydrogens (tertiary/aromatic N) is 1. The Balaban J connectivity index is 2.52. The van der Waals surface area contributed by atoms with Crippen molar-refractivity contribution < 1.29 is 9.50 Å². The van der Waals surface area contributed by atoms with Crippen molar-refractivity contribution in [2.45, 2.75) is 26.0 Å². The average molecular weight is 286 g/mol. The van der Waals surface area contributed by atoms with Gasteiger partial charge >= 0.3 is 0 Å². The maximum atomic E-state index is 13.4. The molecule has 86 valence electrons. The Morgan fingerprint density at radius 1 is 1.44 bits per heavy atom. The van der Waals surface area contributed by atoms with E-state index in [2.05, 4.69) is 15.9 Å². The van der Waals surface area contributed by atoms with E-state index in [1.807, 2.05) is 16.8 Å². The van der Waals surface area contributed by atoms with E-state index < -0.39 is 5.60 Å². The van der Waals surface area contributed by atoms with Gasteiger partial charge in [0.05, 0.1) is 22.1 Å². The zero-order chi connectivity index (χ0) is 11.9. The summed E-state index contributed by atoms with van der Waals surface area (Å²) >= 11 is 3.15. The third-order valence-corrected chi connectivity index (χ3v) is 2.98. The van der Waals surface area contributed by atoms with Gasteiger partial charge in [-0.2, -0.15) is 0 Å². The van der Waals surface area contributed by atoms with Gasteiger partial charge in [0.2, 0.25) is 0 Å². The van der Waals surface area contributed by atoms with Crippen molar-refractivity contribution in [2.75, 3.05) is 0 Å². The molecule has 0 saturated carbocycles. The number of benzene rings is 1. The highest BCUT2D eigenvalue weighted by Gasteiger charge is 2.15. The zero-order valence-electron chi connectivity index (χ0n) is 9.17. The Hall–Kier alpha value is -0.870. The van der Waals surface area contributed by atoms with Crippen LogP contribution in [-0.4, -0.2) is 15.3 Å². The maximum absolute atomic E-state index is 13.4. The molecule has 2 rings (SSSR count). The van der Waals surface area contributed by atoms with Crippen LogP contribution in [0.2, 0.25) is 0 Å². The SMILES string of the molecule is CC(C)(O)Cn1ccc2cc(Br)c(F)cc21. The van der Waals surface area contributed by atoms with E-state index in [1.54, 1.807) is 19.9 Å². The largest absolute Gasteiger partial charge is 0.389 e. The third-order valence-electron chi connectivity index (χ3n) is 2.37. The molecule has 0 aliphatic carbocycles. The van der Waals surface area contributed by atoms with Crippen molar-refractivity contribution in [3.63, 3.8) is 0 Å². The minimum atomic E-state index is -0.810. The van der Waals surface area contributed by atoms with Crippen LogP contribution >= 0.6 is 15.9 Å². The normalized spacial score (nSPS) is 12.3. The fourth-order valence-corrected chi connectivity index (χ4v) is 2.10. The molecule has 0 fully saturated rings. The summed E-state index contributed by atoms with van der Waals surface area (Å²) in [5.74, 6) is -0.289. The summed E-state index contributed by atoms with van der Waals surface area (Å²) in [7, 11) is 0. The molecule has 0 aliphatic rings. The molecule has 0 atom stereocenters. The van der Waals surface area contributed by atoms with Crippen LogP contribution in [0.5, 0.6) is 0 Å². The first-order valence-electron chi connectivity index (χ1n) is 5.03. The number of halogens is 2. The van der Waals surface area contributed by atoms with Crippen molar-refractivity contribution in [3.05, 3.63) is 34.7 Å². The third kappa shape index (κ3) is 2.28. The molecule has 0 amide bonds. The Labute approximate surface area is 102 Å². The van der Waals surface area contributed by atoms with Gasteiger partial charge in [0.15, 0.2) is 0 Å². The van der Waals surface area contributed by atoms with E-state index in [-0.39, 0.29) is 5.82 Å². The molecule has 0 radical (unpaired) electrons. The van der Waals surface area contributed by atoms with E-state index in [1.165, 1.54) is 6.07 Å². The molecular weight excluding hydrogens is 273 g/mol. The lowest BCUT2D eigenvalue weighted by atomic mass is 10.1. The molecule has 16 heavy (non-hydrogen) atoms. The second kappa shape index (κ2) is 3.86. The van der Waals surface area contributed by atoms with Crippen LogP contribution in [0.25, 0.3) is 10.9 Å². The van der Waals surface area contributed by atoms with E-state index in [0.717, 1.165) is 10.9 Å². The molecule has 1 aromatic carbocycles. The van der Waals surface area contributed by atoms with Crippen molar-refractivity contribution >= 4 is 26.8 Å². The lowest BCUT2D eigenvalue weighted by Crippen LogP contribution is -2.25. The van der Waals surface area contributed by atoms with Gasteiger partial charge in [0.25, 0.3) is 0 Å². The Morgan fingerprint density at radius 3 is 2.75 bits per heavy atom. The average Bonchev–Trinajstić information content (AvgIpc) is 2.47. The lowest BCUT2D eigenvalue weighted by Gasteiger charge is -2.18. The standard InChI is InChI=1S/C12H13BrFNO/c1-12(2,16)7-15-4-3-8-5-9(13)10(14)6-11(8)15/h3-6,16H,7H2,1-2H3. The van der Waals surface area contributed by atoms with Crippen molar-refractivity contribution in [3.8, 4) is 0 Å². The molecule has 0 bridgehead atoms. The molecule has 2 aromatic rings. The van der Waals surface area contributed by atoms with Gasteiger partial charge in [0.1, 0.15) is 5.82 Å². The molecular formula is C12H13BrFNO. The van der Waals surface area contributed by atoms with Crippen LogP contribution in [-0.2, 0) is 6.54 Å². The zero-order valence-corrected chi connectivity index (χ0v) is 10.8. The minimum Gasteiger partial charge on any atom is -0.389 e. The molecule has 0 spiro atoms. The second-order valence-electron chi connectivity index (χ2n) is 4.58. The van der Waals surface area contributed by atoms with Crippen LogP contribution in [0.4, 0.5) is 4.39 Å². The number of aromatic nitrogens is 1. The molecule has 0 unspecified atom stereocenters. The summed E-state index contributed by atoms with van der Waals surface area (Å²) in [6, 6.07) is 5.13. The quantitative estimate of drug-likeness (QED) is 0.900. The summed E-state index contributed by atoms with van der Waals surface area (Å²) in [5, 5.41) is 10.7. The van der Waals surface area contributed by atoms with Crippen LogP contribution in [0.3, 0.4) is 0 Å². The monoisotopic (exact) mass is 285 g/mol. The number of rotatable bonds is 2. The van der Waals surface area contributed by atoms with Crippen LogP contribution in [0, 0.1) is 5.82 Å². The molecule has 1 heterocycles. The fourth-order valence-electron chi connectivity index (χ4n) is 1.74. The van der Waals surface area contributed by atoms with Gasteiger partial charge in [-0.25, -0.2) is 4.39 Å². The van der Waals surface area contributed by atoms with Gasteiger partial charge in [-0.05, 0) is 48.0 Å². The number of fused-ring (bicyclic) bond motifs is 1. The predicted octanol–water partition coefficient (Wildman–Crippen LogP) is 3.31. The summed E-state index contributed by atoms with van der Waals surface area (Å²) in [6.45, 7) is 3.90. The lowest BCUT2D eigenvalue weighted by molar-refractivity contribution is 0.0628. The molecule has 1 N–H and O–H groups in total. The molecule has 1 aromatic heterocycles. The Bertz CT molecular complexity index is 528. The van der Waals surface area contributed by atoms with Gasteiger partial charge in [0, 0.05) is 11.6 Å². The smallest absolute Gasteiger partial charge is 0.139 e. The maximum Gasteiger partial charge on any atom is 0.139 e. The van der Waals surface area contributed by atoms with Crippen molar-refractivity contribution in [2.24, 2.45) is 0 Å². The number of hydrogen-bond donors (Lipinski definition) is 1. The summed E-state index contributed by atoms with van der Waals surface area (Å²) in [6.07, 6.45) is 1.86. The molecule has 0 aliphatic heterocycles. The highest BCUT2D eigenvalue weighted by Crippen LogP contribution is 2.25. The summed E-state index contributed by atoms with van der Waals surface area (Å²) in [4.78, 5) is 0. The molecule has 4 heteroatoms. The highest BCUT2D eigenvalue weighted by molar-refractivity contribution is 9.10. The summed E-state index contributed by atoms with van der Waals surface area (Å²) in [5.41, 5.74) is -0.0157. The first-order valence-corrected chi connectivity index (χ1v) is 5.82. The predicted molar refractivity (Wildman–Crippen MR) is 65.9 cm³/mol. The number of hydrogen-bond acceptors (Lipinski definition) is 1. The Morgan fingerprint density at radius 2 is 2.12 bits per heavy atom. The summed E-state index contributed by atoms with van der Waals surface area (Å²) < 4.78 is 15.7. The van der Waals surface area contributed by atoms with E-state index in [4.69, 9.17) is 0 Å². The second-order valence-corrected chi connectivity index (χ2v) is 5.44. The van der Waals surface area contributed by atoms with Gasteiger partial charge < -0.3 is 9.67 Å². The van der Waals surface area contributed by atoms with Crippen molar-refractivity contribution in [1.82, 2.24) is 4.57 Å².